The lowest BCUT2D eigenvalue weighted by atomic mass is 10.2. The van der Waals surface area contributed by atoms with Crippen LogP contribution in [0.2, 0.25) is 0 Å². The van der Waals surface area contributed by atoms with E-state index >= 15 is 0 Å². The van der Waals surface area contributed by atoms with Crippen molar-refractivity contribution in [1.82, 2.24) is 24.7 Å². The Kier molecular flexibility index (Phi) is 5.52. The molecule has 31 heavy (non-hydrogen) atoms. The molecule has 156 valence electrons. The normalized spacial score (nSPS) is 10.6. The van der Waals surface area contributed by atoms with E-state index in [0.717, 1.165) is 5.69 Å². The first-order valence-electron chi connectivity index (χ1n) is 9.30. The van der Waals surface area contributed by atoms with E-state index in [9.17, 15) is 9.18 Å². The highest BCUT2D eigenvalue weighted by atomic mass is 19.1. The Morgan fingerprint density at radius 1 is 1.10 bits per heavy atom. The molecule has 10 heteroatoms. The molecular formula is C21H18FN7O2. The molecule has 0 atom stereocenters. The second-order valence-corrected chi connectivity index (χ2v) is 6.53. The second kappa shape index (κ2) is 8.57. The highest BCUT2D eigenvalue weighted by Crippen LogP contribution is 2.17. The molecule has 2 heterocycles. The number of nitrogens with two attached hydrogens (primary N) is 1. The number of para-hydroxylation sites is 1. The lowest BCUT2D eigenvalue weighted by molar-refractivity contribution is 0.0461. The lowest BCUT2D eigenvalue weighted by Crippen LogP contribution is -2.12. The number of ether oxygens (including phenoxy) is 1. The molecule has 9 nitrogen and oxygen atoms in total. The number of aromatic nitrogens is 5. The molecule has 4 rings (SSSR count). The van der Waals surface area contributed by atoms with E-state index < -0.39 is 5.97 Å². The minimum absolute atomic E-state index is 0.0428. The number of benzene rings is 2. The summed E-state index contributed by atoms with van der Waals surface area (Å²) in [6.45, 7) is 1.57. The fourth-order valence-corrected chi connectivity index (χ4v) is 2.87. The van der Waals surface area contributed by atoms with Crippen molar-refractivity contribution in [3.8, 4) is 5.69 Å². The molecule has 4 aromatic rings. The van der Waals surface area contributed by atoms with Gasteiger partial charge in [-0.15, -0.1) is 0 Å². The number of nitrogen functional groups attached to an aromatic ring is 1. The van der Waals surface area contributed by atoms with E-state index in [2.05, 4.69) is 25.4 Å². The molecule has 0 bridgehead atoms. The molecule has 2 aromatic carbocycles. The second-order valence-electron chi connectivity index (χ2n) is 6.53. The Bertz CT molecular complexity index is 1210. The van der Waals surface area contributed by atoms with Crippen LogP contribution in [0.1, 0.15) is 21.9 Å². The molecule has 0 aliphatic carbocycles. The zero-order valence-electron chi connectivity index (χ0n) is 16.5. The number of nitrogens with zero attached hydrogens (tertiary/aromatic N) is 5. The van der Waals surface area contributed by atoms with Crippen molar-refractivity contribution in [1.29, 1.82) is 0 Å². The number of carbonyl (C=O) groups is 1. The highest BCUT2D eigenvalue weighted by molar-refractivity contribution is 5.90. The molecule has 0 saturated heterocycles. The van der Waals surface area contributed by atoms with Crippen LogP contribution in [0, 0.1) is 12.7 Å². The average Bonchev–Trinajstić information content (AvgIpc) is 3.15. The van der Waals surface area contributed by atoms with Crippen LogP contribution < -0.4 is 11.1 Å². The summed E-state index contributed by atoms with van der Waals surface area (Å²) in [5.74, 6) is -0.651. The predicted octanol–water partition coefficient (Wildman–Crippen LogP) is 3.19. The van der Waals surface area contributed by atoms with Crippen LogP contribution in [0.4, 0.5) is 22.0 Å². The number of hydrogen-bond donors (Lipinski definition) is 2. The molecule has 3 N–H and O–H groups in total. The summed E-state index contributed by atoms with van der Waals surface area (Å²) in [4.78, 5) is 24.7. The number of hydrogen-bond acceptors (Lipinski definition) is 8. The van der Waals surface area contributed by atoms with Crippen molar-refractivity contribution < 1.29 is 13.9 Å². The Balaban J connectivity index is 1.45. The molecule has 0 saturated carbocycles. The Labute approximate surface area is 176 Å². The molecule has 0 aliphatic heterocycles. The number of rotatable bonds is 6. The summed E-state index contributed by atoms with van der Waals surface area (Å²) >= 11 is 0. The zero-order chi connectivity index (χ0) is 21.8. The van der Waals surface area contributed by atoms with E-state index in [1.165, 1.54) is 30.5 Å². The first kappa shape index (κ1) is 20.0. The van der Waals surface area contributed by atoms with Crippen LogP contribution in [-0.4, -0.2) is 30.7 Å². The Morgan fingerprint density at radius 3 is 2.58 bits per heavy atom. The number of esters is 1. The first-order chi connectivity index (χ1) is 15.0. The van der Waals surface area contributed by atoms with Crippen molar-refractivity contribution in [2.75, 3.05) is 11.1 Å². The van der Waals surface area contributed by atoms with E-state index in [-0.39, 0.29) is 30.1 Å². The number of anilines is 3. The highest BCUT2D eigenvalue weighted by Gasteiger charge is 2.17. The zero-order valence-corrected chi connectivity index (χ0v) is 16.5. The van der Waals surface area contributed by atoms with Gasteiger partial charge >= 0.3 is 5.97 Å². The molecule has 0 spiro atoms. The summed E-state index contributed by atoms with van der Waals surface area (Å²) in [6.07, 6.45) is 1.45. The van der Waals surface area contributed by atoms with Crippen LogP contribution in [-0.2, 0) is 11.3 Å². The van der Waals surface area contributed by atoms with Crippen LogP contribution in [0.15, 0.2) is 60.8 Å². The number of halogens is 1. The topological polar surface area (TPSA) is 121 Å². The van der Waals surface area contributed by atoms with E-state index in [0.29, 0.717) is 16.9 Å². The molecular weight excluding hydrogens is 401 g/mol. The van der Waals surface area contributed by atoms with Crippen molar-refractivity contribution in [2.45, 2.75) is 13.5 Å². The van der Waals surface area contributed by atoms with Gasteiger partial charge in [0.15, 0.2) is 12.4 Å². The van der Waals surface area contributed by atoms with Crippen LogP contribution in [0.5, 0.6) is 0 Å². The van der Waals surface area contributed by atoms with E-state index in [1.54, 1.807) is 11.6 Å². The summed E-state index contributed by atoms with van der Waals surface area (Å²) in [5.41, 5.74) is 8.11. The molecule has 2 aromatic heterocycles. The van der Waals surface area contributed by atoms with Gasteiger partial charge in [-0.05, 0) is 43.3 Å². The molecule has 0 fully saturated rings. The molecule has 0 unspecified atom stereocenters. The minimum Gasteiger partial charge on any atom is -0.454 e. The van der Waals surface area contributed by atoms with Gasteiger partial charge in [-0.25, -0.2) is 13.9 Å². The lowest BCUT2D eigenvalue weighted by Gasteiger charge is -2.08. The maximum absolute atomic E-state index is 13.1. The van der Waals surface area contributed by atoms with Gasteiger partial charge in [0.1, 0.15) is 11.4 Å². The summed E-state index contributed by atoms with van der Waals surface area (Å²) in [5, 5.41) is 7.16. The average molecular weight is 419 g/mol. The van der Waals surface area contributed by atoms with Gasteiger partial charge in [-0.2, -0.15) is 20.1 Å². The predicted molar refractivity (Wildman–Crippen MR) is 111 cm³/mol. The van der Waals surface area contributed by atoms with E-state index in [4.69, 9.17) is 10.5 Å². The Morgan fingerprint density at radius 2 is 1.84 bits per heavy atom. The van der Waals surface area contributed by atoms with Crippen LogP contribution >= 0.6 is 0 Å². The first-order valence-corrected chi connectivity index (χ1v) is 9.30. The third-order valence-electron chi connectivity index (χ3n) is 4.36. The molecule has 0 amide bonds. The van der Waals surface area contributed by atoms with Crippen LogP contribution in [0.3, 0.4) is 0 Å². The molecule has 0 radical (unpaired) electrons. The van der Waals surface area contributed by atoms with Gasteiger partial charge in [0.05, 0.1) is 17.6 Å². The van der Waals surface area contributed by atoms with Gasteiger partial charge in [0, 0.05) is 5.69 Å². The summed E-state index contributed by atoms with van der Waals surface area (Å²) in [7, 11) is 0. The van der Waals surface area contributed by atoms with Crippen molar-refractivity contribution in [3.63, 3.8) is 0 Å². The number of nitrogens with one attached hydrogen (secondary N) is 1. The van der Waals surface area contributed by atoms with Crippen LogP contribution in [0.25, 0.3) is 5.69 Å². The Hall–Kier alpha value is -4.34. The smallest absolute Gasteiger partial charge is 0.342 e. The van der Waals surface area contributed by atoms with Crippen molar-refractivity contribution >= 4 is 23.6 Å². The van der Waals surface area contributed by atoms with Gasteiger partial charge < -0.3 is 15.8 Å². The van der Waals surface area contributed by atoms with Gasteiger partial charge in [-0.3, -0.25) is 0 Å². The minimum atomic E-state index is -0.563. The number of carbonyl (C=O) groups excluding carboxylic acids is 1. The third-order valence-corrected chi connectivity index (χ3v) is 4.36. The van der Waals surface area contributed by atoms with Gasteiger partial charge in [-0.1, -0.05) is 18.2 Å². The fourth-order valence-electron chi connectivity index (χ4n) is 2.87. The van der Waals surface area contributed by atoms with Crippen molar-refractivity contribution in [3.05, 3.63) is 83.7 Å². The SMILES string of the molecule is Cc1c(C(=O)OCc2nc(N)nc(Nc3ccc(F)cc3)n2)cnn1-c1ccccc1. The third kappa shape index (κ3) is 4.64. The summed E-state index contributed by atoms with van der Waals surface area (Å²) in [6, 6.07) is 15.1. The maximum Gasteiger partial charge on any atom is 0.342 e. The quantitative estimate of drug-likeness (QED) is 0.457. The van der Waals surface area contributed by atoms with Crippen molar-refractivity contribution in [2.24, 2.45) is 0 Å². The molecule has 0 aliphatic rings. The largest absolute Gasteiger partial charge is 0.454 e. The maximum atomic E-state index is 13.1. The standard InChI is InChI=1S/C21H18FN7O2/c1-13-17(11-24-29(13)16-5-3-2-4-6-16)19(30)31-12-18-26-20(23)28-21(27-18)25-15-9-7-14(22)8-10-15/h2-11H,12H2,1H3,(H3,23,25,26,27,28). The van der Waals surface area contributed by atoms with E-state index in [1.807, 2.05) is 30.3 Å². The fraction of sp³-hybridized carbons (Fsp3) is 0.0952. The van der Waals surface area contributed by atoms with Gasteiger partial charge in [0.2, 0.25) is 11.9 Å². The summed E-state index contributed by atoms with van der Waals surface area (Å²) < 4.78 is 20.0. The monoisotopic (exact) mass is 419 g/mol. The van der Waals surface area contributed by atoms with Gasteiger partial charge in [0.25, 0.3) is 0 Å².